The number of nitrogens with one attached hydrogen (secondary N) is 1. The number of pyridine rings is 1. The average Bonchev–Trinajstić information content (AvgIpc) is 2.80. The van der Waals surface area contributed by atoms with Crippen molar-refractivity contribution in [2.45, 2.75) is 44.6 Å². The van der Waals surface area contributed by atoms with Crippen LogP contribution in [-0.2, 0) is 4.74 Å². The van der Waals surface area contributed by atoms with Gasteiger partial charge in [-0.25, -0.2) is 9.78 Å². The van der Waals surface area contributed by atoms with Crippen LogP contribution in [0.1, 0.15) is 59.4 Å². The first kappa shape index (κ1) is 16.4. The molecule has 0 aromatic carbocycles. The summed E-state index contributed by atoms with van der Waals surface area (Å²) in [5.74, 6) is -1.38. The summed E-state index contributed by atoms with van der Waals surface area (Å²) < 4.78 is 5.79. The van der Waals surface area contributed by atoms with Gasteiger partial charge in [-0.2, -0.15) is 0 Å². The van der Waals surface area contributed by atoms with E-state index >= 15 is 0 Å². The highest BCUT2D eigenvalue weighted by Crippen LogP contribution is 2.19. The Hall–Kier alpha value is -1.95. The maximum Gasteiger partial charge on any atom is 0.354 e. The summed E-state index contributed by atoms with van der Waals surface area (Å²) in [4.78, 5) is 26.3. The van der Waals surface area contributed by atoms with Crippen LogP contribution in [0.5, 0.6) is 0 Å². The molecule has 120 valence electrons. The van der Waals surface area contributed by atoms with Crippen LogP contribution in [0.3, 0.4) is 0 Å². The van der Waals surface area contributed by atoms with Gasteiger partial charge in [0.2, 0.25) is 0 Å². The molecule has 1 amide bonds. The molecule has 2 N–H and O–H groups in total. The van der Waals surface area contributed by atoms with Gasteiger partial charge < -0.3 is 15.2 Å². The number of ether oxygens (including phenoxy) is 1. The Balaban J connectivity index is 1.69. The molecule has 0 saturated heterocycles. The van der Waals surface area contributed by atoms with Crippen LogP contribution in [0, 0.1) is 0 Å². The van der Waals surface area contributed by atoms with Crippen LogP contribution < -0.4 is 5.32 Å². The molecule has 6 heteroatoms. The summed E-state index contributed by atoms with van der Waals surface area (Å²) in [5, 5.41) is 11.5. The summed E-state index contributed by atoms with van der Waals surface area (Å²) in [6, 6.07) is 2.78. The number of amides is 1. The Kier molecular flexibility index (Phi) is 6.33. The van der Waals surface area contributed by atoms with Crippen molar-refractivity contribution in [3.05, 3.63) is 29.6 Å². The molecule has 0 bridgehead atoms. The number of carboxylic acid groups (broad SMARTS) is 1. The zero-order valence-corrected chi connectivity index (χ0v) is 12.6. The van der Waals surface area contributed by atoms with Crippen molar-refractivity contribution in [3.8, 4) is 0 Å². The summed E-state index contributed by atoms with van der Waals surface area (Å²) in [6.07, 6.45) is 8.81. The lowest BCUT2D eigenvalue weighted by molar-refractivity contribution is 0.0442. The first-order valence-corrected chi connectivity index (χ1v) is 7.76. The van der Waals surface area contributed by atoms with E-state index < -0.39 is 5.97 Å². The van der Waals surface area contributed by atoms with Gasteiger partial charge in [-0.05, 0) is 25.0 Å². The molecule has 1 aliphatic carbocycles. The number of hydrogen-bond donors (Lipinski definition) is 2. The third-order valence-corrected chi connectivity index (χ3v) is 3.79. The van der Waals surface area contributed by atoms with Gasteiger partial charge in [0.25, 0.3) is 5.91 Å². The lowest BCUT2D eigenvalue weighted by atomic mass is 10.1. The fraction of sp³-hybridized carbons (Fsp3) is 0.562. The van der Waals surface area contributed by atoms with Crippen molar-refractivity contribution in [2.24, 2.45) is 0 Å². The predicted octanol–water partition coefficient (Wildman–Crippen LogP) is 2.25. The standard InChI is InChI=1S/C16H22N2O4/c19-15(12-7-8-14(16(20)21)18-11-12)17-9-10-22-13-5-3-1-2-4-6-13/h7-8,11,13H,1-6,9-10H2,(H,17,19)(H,20,21). The van der Waals surface area contributed by atoms with E-state index in [0.717, 1.165) is 12.8 Å². The summed E-state index contributed by atoms with van der Waals surface area (Å²) in [7, 11) is 0. The summed E-state index contributed by atoms with van der Waals surface area (Å²) in [5.41, 5.74) is 0.271. The molecule has 22 heavy (non-hydrogen) atoms. The molecule has 2 rings (SSSR count). The Morgan fingerprint density at radius 3 is 2.55 bits per heavy atom. The maximum absolute atomic E-state index is 11.9. The second-order valence-corrected chi connectivity index (χ2v) is 5.48. The number of carbonyl (C=O) groups excluding carboxylic acids is 1. The van der Waals surface area contributed by atoms with Crippen LogP contribution >= 0.6 is 0 Å². The maximum atomic E-state index is 11.9. The highest BCUT2D eigenvalue weighted by atomic mass is 16.5. The van der Waals surface area contributed by atoms with Crippen molar-refractivity contribution in [1.29, 1.82) is 0 Å². The Labute approximate surface area is 129 Å². The number of carboxylic acids is 1. The Morgan fingerprint density at radius 1 is 1.23 bits per heavy atom. The number of nitrogens with zero attached hydrogens (tertiary/aromatic N) is 1. The SMILES string of the molecule is O=C(NCCOC1CCCCCC1)c1ccc(C(=O)O)nc1. The number of hydrogen-bond acceptors (Lipinski definition) is 4. The van der Waals surface area contributed by atoms with Crippen LogP contribution in [0.4, 0.5) is 0 Å². The van der Waals surface area contributed by atoms with Gasteiger partial charge >= 0.3 is 5.97 Å². The van der Waals surface area contributed by atoms with Crippen molar-refractivity contribution in [2.75, 3.05) is 13.2 Å². The molecule has 1 aliphatic rings. The van der Waals surface area contributed by atoms with E-state index in [1.807, 2.05) is 0 Å². The van der Waals surface area contributed by atoms with Gasteiger partial charge in [-0.3, -0.25) is 4.79 Å². The number of aromatic nitrogens is 1. The predicted molar refractivity (Wildman–Crippen MR) is 81.0 cm³/mol. The zero-order chi connectivity index (χ0) is 15.8. The second-order valence-electron chi connectivity index (χ2n) is 5.48. The molecule has 0 radical (unpaired) electrons. The minimum absolute atomic E-state index is 0.0757. The van der Waals surface area contributed by atoms with E-state index in [4.69, 9.17) is 9.84 Å². The van der Waals surface area contributed by atoms with E-state index in [1.54, 1.807) is 0 Å². The van der Waals surface area contributed by atoms with E-state index in [2.05, 4.69) is 10.3 Å². The molecule has 1 aromatic heterocycles. The van der Waals surface area contributed by atoms with Gasteiger partial charge in [0, 0.05) is 12.7 Å². The molecular formula is C16H22N2O4. The van der Waals surface area contributed by atoms with Crippen molar-refractivity contribution in [1.82, 2.24) is 10.3 Å². The van der Waals surface area contributed by atoms with Crippen LogP contribution in [-0.4, -0.2) is 41.2 Å². The van der Waals surface area contributed by atoms with Crippen LogP contribution in [0.2, 0.25) is 0 Å². The largest absolute Gasteiger partial charge is 0.477 e. The fourth-order valence-electron chi connectivity index (χ4n) is 2.56. The van der Waals surface area contributed by atoms with E-state index in [1.165, 1.54) is 44.0 Å². The van der Waals surface area contributed by atoms with Gasteiger partial charge in [-0.15, -0.1) is 0 Å². The molecule has 0 spiro atoms. The average molecular weight is 306 g/mol. The minimum atomic E-state index is -1.11. The molecule has 1 fully saturated rings. The van der Waals surface area contributed by atoms with Crippen LogP contribution in [0.25, 0.3) is 0 Å². The zero-order valence-electron chi connectivity index (χ0n) is 12.6. The fourth-order valence-corrected chi connectivity index (χ4v) is 2.56. The smallest absolute Gasteiger partial charge is 0.354 e. The monoisotopic (exact) mass is 306 g/mol. The normalized spacial score (nSPS) is 16.0. The molecule has 0 atom stereocenters. The van der Waals surface area contributed by atoms with Crippen molar-refractivity contribution in [3.63, 3.8) is 0 Å². The van der Waals surface area contributed by atoms with Crippen LogP contribution in [0.15, 0.2) is 18.3 Å². The molecule has 1 aromatic rings. The van der Waals surface area contributed by atoms with E-state index in [0.29, 0.717) is 24.8 Å². The molecule has 6 nitrogen and oxygen atoms in total. The number of aromatic carboxylic acids is 1. The van der Waals surface area contributed by atoms with Crippen molar-refractivity contribution < 1.29 is 19.4 Å². The molecular weight excluding hydrogens is 284 g/mol. The lowest BCUT2D eigenvalue weighted by Gasteiger charge is -2.15. The Morgan fingerprint density at radius 2 is 1.95 bits per heavy atom. The third-order valence-electron chi connectivity index (χ3n) is 3.79. The summed E-state index contributed by atoms with van der Waals surface area (Å²) >= 11 is 0. The third kappa shape index (κ3) is 5.11. The van der Waals surface area contributed by atoms with Gasteiger partial charge in [0.15, 0.2) is 0 Å². The molecule has 1 saturated carbocycles. The quantitative estimate of drug-likeness (QED) is 0.621. The van der Waals surface area contributed by atoms with Gasteiger partial charge in [0.1, 0.15) is 5.69 Å². The first-order valence-electron chi connectivity index (χ1n) is 7.76. The lowest BCUT2D eigenvalue weighted by Crippen LogP contribution is -2.29. The molecule has 0 aliphatic heterocycles. The highest BCUT2D eigenvalue weighted by Gasteiger charge is 2.13. The Bertz CT molecular complexity index is 493. The number of rotatable bonds is 6. The van der Waals surface area contributed by atoms with E-state index in [9.17, 15) is 9.59 Å². The summed E-state index contributed by atoms with van der Waals surface area (Å²) in [6.45, 7) is 0.938. The molecule has 1 heterocycles. The highest BCUT2D eigenvalue weighted by molar-refractivity contribution is 5.94. The minimum Gasteiger partial charge on any atom is -0.477 e. The van der Waals surface area contributed by atoms with E-state index in [-0.39, 0.29) is 11.6 Å². The topological polar surface area (TPSA) is 88.5 Å². The first-order chi connectivity index (χ1) is 10.7. The van der Waals surface area contributed by atoms with Gasteiger partial charge in [-0.1, -0.05) is 25.7 Å². The number of carbonyl (C=O) groups is 2. The van der Waals surface area contributed by atoms with Gasteiger partial charge in [0.05, 0.1) is 18.3 Å². The second kappa shape index (κ2) is 8.48. The van der Waals surface area contributed by atoms with Crippen molar-refractivity contribution >= 4 is 11.9 Å². The molecule has 0 unspecified atom stereocenters.